The number of carbonyl (C=O) groups excluding carboxylic acids is 2. The van der Waals surface area contributed by atoms with Crippen LogP contribution in [0.5, 0.6) is 0 Å². The number of thioether (sulfide) groups is 1. The summed E-state index contributed by atoms with van der Waals surface area (Å²) in [5, 5.41) is 5.07. The predicted octanol–water partition coefficient (Wildman–Crippen LogP) is 3.82. The summed E-state index contributed by atoms with van der Waals surface area (Å²) >= 11 is 1.37. The van der Waals surface area contributed by atoms with E-state index in [0.29, 0.717) is 5.69 Å². The molecule has 0 bridgehead atoms. The van der Waals surface area contributed by atoms with Crippen LogP contribution in [0, 0.1) is 12.7 Å². The van der Waals surface area contributed by atoms with Gasteiger partial charge < -0.3 is 10.6 Å². The fraction of sp³-hybridized carbons (Fsp3) is 0.176. The van der Waals surface area contributed by atoms with E-state index in [1.807, 2.05) is 31.2 Å². The van der Waals surface area contributed by atoms with E-state index < -0.39 is 5.82 Å². The smallest absolute Gasteiger partial charge is 0.234 e. The van der Waals surface area contributed by atoms with Crippen LogP contribution in [0.3, 0.4) is 0 Å². The van der Waals surface area contributed by atoms with Crippen molar-refractivity contribution in [2.45, 2.75) is 18.7 Å². The minimum atomic E-state index is -0.548. The maximum atomic E-state index is 13.7. The van der Waals surface area contributed by atoms with Crippen LogP contribution in [0.15, 0.2) is 47.4 Å². The van der Waals surface area contributed by atoms with Crippen LogP contribution in [0.2, 0.25) is 0 Å². The van der Waals surface area contributed by atoms with Gasteiger partial charge in [0.05, 0.1) is 11.4 Å². The van der Waals surface area contributed by atoms with Gasteiger partial charge in [0.25, 0.3) is 0 Å². The van der Waals surface area contributed by atoms with Gasteiger partial charge in [-0.2, -0.15) is 0 Å². The molecular weight excluding hydrogens is 315 g/mol. The van der Waals surface area contributed by atoms with Gasteiger partial charge >= 0.3 is 0 Å². The van der Waals surface area contributed by atoms with E-state index in [-0.39, 0.29) is 23.3 Å². The molecule has 0 heterocycles. The van der Waals surface area contributed by atoms with Gasteiger partial charge in [-0.15, -0.1) is 11.8 Å². The van der Waals surface area contributed by atoms with Crippen LogP contribution < -0.4 is 10.6 Å². The molecule has 120 valence electrons. The maximum Gasteiger partial charge on any atom is 0.234 e. The van der Waals surface area contributed by atoms with Crippen molar-refractivity contribution in [3.05, 3.63) is 53.8 Å². The Morgan fingerprint density at radius 3 is 2.43 bits per heavy atom. The summed E-state index contributed by atoms with van der Waals surface area (Å²) in [6, 6.07) is 11.8. The Labute approximate surface area is 138 Å². The van der Waals surface area contributed by atoms with Crippen molar-refractivity contribution in [1.82, 2.24) is 0 Å². The lowest BCUT2D eigenvalue weighted by Crippen LogP contribution is -2.15. The second kappa shape index (κ2) is 7.78. The highest BCUT2D eigenvalue weighted by atomic mass is 32.2. The Morgan fingerprint density at radius 2 is 1.78 bits per heavy atom. The largest absolute Gasteiger partial charge is 0.326 e. The molecule has 0 fully saturated rings. The average Bonchev–Trinajstić information content (AvgIpc) is 2.49. The van der Waals surface area contributed by atoms with Crippen molar-refractivity contribution >= 4 is 35.0 Å². The van der Waals surface area contributed by atoms with Crippen molar-refractivity contribution < 1.29 is 14.0 Å². The maximum absolute atomic E-state index is 13.7. The highest BCUT2D eigenvalue weighted by Gasteiger charge is 2.09. The number of aryl methyl sites for hydroxylation is 1. The highest BCUT2D eigenvalue weighted by Crippen LogP contribution is 2.22. The first kappa shape index (κ1) is 17.0. The second-order valence-electron chi connectivity index (χ2n) is 5.03. The van der Waals surface area contributed by atoms with Crippen LogP contribution in [0.1, 0.15) is 12.5 Å². The van der Waals surface area contributed by atoms with Gasteiger partial charge in [0.2, 0.25) is 11.8 Å². The van der Waals surface area contributed by atoms with E-state index in [1.165, 1.54) is 36.9 Å². The molecule has 0 aliphatic heterocycles. The standard InChI is InChI=1S/C17H17FN2O2S/c1-11-3-6-14(7-4-11)23-10-17(22)20-16-9-13(19-12(2)21)5-8-15(16)18/h3-9H,10H2,1-2H3,(H,19,21)(H,20,22). The number of amides is 2. The van der Waals surface area contributed by atoms with E-state index in [1.54, 1.807) is 0 Å². The molecule has 0 saturated carbocycles. The van der Waals surface area contributed by atoms with E-state index in [9.17, 15) is 14.0 Å². The predicted molar refractivity (Wildman–Crippen MR) is 91.2 cm³/mol. The third-order valence-corrected chi connectivity index (χ3v) is 3.96. The first-order valence-corrected chi connectivity index (χ1v) is 7.99. The van der Waals surface area contributed by atoms with Gasteiger partial charge in [0.1, 0.15) is 5.82 Å². The molecule has 2 amide bonds. The normalized spacial score (nSPS) is 10.2. The summed E-state index contributed by atoms with van der Waals surface area (Å²) in [5.41, 5.74) is 1.63. The summed E-state index contributed by atoms with van der Waals surface area (Å²) < 4.78 is 13.7. The molecule has 6 heteroatoms. The Bertz CT molecular complexity index is 717. The molecule has 0 spiro atoms. The molecule has 0 atom stereocenters. The van der Waals surface area contributed by atoms with Crippen LogP contribution in [-0.2, 0) is 9.59 Å². The Balaban J connectivity index is 1.96. The summed E-state index contributed by atoms with van der Waals surface area (Å²) in [6.07, 6.45) is 0. The third-order valence-electron chi connectivity index (χ3n) is 2.95. The summed E-state index contributed by atoms with van der Waals surface area (Å²) in [6.45, 7) is 3.35. The Kier molecular flexibility index (Phi) is 5.76. The molecule has 0 unspecified atom stereocenters. The molecule has 2 aromatic carbocycles. The first-order chi connectivity index (χ1) is 10.9. The van der Waals surface area contributed by atoms with Crippen molar-refractivity contribution in [2.75, 3.05) is 16.4 Å². The van der Waals surface area contributed by atoms with Crippen molar-refractivity contribution in [3.8, 4) is 0 Å². The van der Waals surface area contributed by atoms with Crippen molar-refractivity contribution in [1.29, 1.82) is 0 Å². The molecule has 0 aliphatic carbocycles. The molecule has 2 rings (SSSR count). The molecule has 0 saturated heterocycles. The van der Waals surface area contributed by atoms with Crippen molar-refractivity contribution in [3.63, 3.8) is 0 Å². The van der Waals surface area contributed by atoms with Gasteiger partial charge in [0.15, 0.2) is 0 Å². The lowest BCUT2D eigenvalue weighted by Gasteiger charge is -2.09. The molecule has 4 nitrogen and oxygen atoms in total. The zero-order chi connectivity index (χ0) is 16.8. The number of hydrogen-bond acceptors (Lipinski definition) is 3. The minimum Gasteiger partial charge on any atom is -0.326 e. The zero-order valence-corrected chi connectivity index (χ0v) is 13.7. The lowest BCUT2D eigenvalue weighted by molar-refractivity contribution is -0.114. The average molecular weight is 332 g/mol. The SMILES string of the molecule is CC(=O)Nc1ccc(F)c(NC(=O)CSc2ccc(C)cc2)c1. The number of benzene rings is 2. The number of rotatable bonds is 5. The number of hydrogen-bond donors (Lipinski definition) is 2. The topological polar surface area (TPSA) is 58.2 Å². The molecule has 0 radical (unpaired) electrons. The van der Waals surface area contributed by atoms with Crippen LogP contribution >= 0.6 is 11.8 Å². The van der Waals surface area contributed by atoms with Gasteiger partial charge in [0, 0.05) is 17.5 Å². The molecule has 23 heavy (non-hydrogen) atoms. The summed E-state index contributed by atoms with van der Waals surface area (Å²) in [5.74, 6) is -0.946. The highest BCUT2D eigenvalue weighted by molar-refractivity contribution is 8.00. The van der Waals surface area contributed by atoms with Gasteiger partial charge in [-0.3, -0.25) is 9.59 Å². The zero-order valence-electron chi connectivity index (χ0n) is 12.9. The van der Waals surface area contributed by atoms with Gasteiger partial charge in [-0.05, 0) is 37.3 Å². The van der Waals surface area contributed by atoms with Crippen LogP contribution in [0.25, 0.3) is 0 Å². The fourth-order valence-electron chi connectivity index (χ4n) is 1.87. The van der Waals surface area contributed by atoms with E-state index in [4.69, 9.17) is 0 Å². The molecule has 2 N–H and O–H groups in total. The lowest BCUT2D eigenvalue weighted by atomic mass is 10.2. The monoisotopic (exact) mass is 332 g/mol. The number of carbonyl (C=O) groups is 2. The number of halogens is 1. The third kappa shape index (κ3) is 5.41. The minimum absolute atomic E-state index is 0.0470. The van der Waals surface area contributed by atoms with Crippen molar-refractivity contribution in [2.24, 2.45) is 0 Å². The molecular formula is C17H17FN2O2S. The Hall–Kier alpha value is -2.34. The number of nitrogens with one attached hydrogen (secondary N) is 2. The fourth-order valence-corrected chi connectivity index (χ4v) is 2.57. The molecule has 2 aromatic rings. The van der Waals surface area contributed by atoms with E-state index in [0.717, 1.165) is 10.5 Å². The molecule has 0 aliphatic rings. The molecule has 0 aromatic heterocycles. The quantitative estimate of drug-likeness (QED) is 0.818. The Morgan fingerprint density at radius 1 is 1.09 bits per heavy atom. The summed E-state index contributed by atoms with van der Waals surface area (Å²) in [4.78, 5) is 23.9. The van der Waals surface area contributed by atoms with Crippen LogP contribution in [0.4, 0.5) is 15.8 Å². The van der Waals surface area contributed by atoms with E-state index >= 15 is 0 Å². The number of anilines is 2. The van der Waals surface area contributed by atoms with Crippen LogP contribution in [-0.4, -0.2) is 17.6 Å². The van der Waals surface area contributed by atoms with Gasteiger partial charge in [-0.25, -0.2) is 4.39 Å². The first-order valence-electron chi connectivity index (χ1n) is 7.00. The van der Waals surface area contributed by atoms with Gasteiger partial charge in [-0.1, -0.05) is 17.7 Å². The van der Waals surface area contributed by atoms with E-state index in [2.05, 4.69) is 10.6 Å². The summed E-state index contributed by atoms with van der Waals surface area (Å²) in [7, 11) is 0. The second-order valence-corrected chi connectivity index (χ2v) is 6.07.